The molecule has 0 spiro atoms. The van der Waals surface area contributed by atoms with Crippen LogP contribution in [0, 0.1) is 25.2 Å². The molecule has 0 bridgehead atoms. The van der Waals surface area contributed by atoms with Crippen LogP contribution in [-0.4, -0.2) is 9.55 Å². The van der Waals surface area contributed by atoms with Gasteiger partial charge in [0.2, 0.25) is 0 Å². The van der Waals surface area contributed by atoms with E-state index in [0.717, 1.165) is 16.8 Å². The van der Waals surface area contributed by atoms with E-state index in [1.54, 1.807) is 6.20 Å². The Morgan fingerprint density at radius 1 is 1.37 bits per heavy atom. The summed E-state index contributed by atoms with van der Waals surface area (Å²) in [4.78, 5) is 4.05. The second kappa shape index (κ2) is 6.60. The zero-order valence-corrected chi connectivity index (χ0v) is 11.9. The molecule has 0 unspecified atom stereocenters. The lowest BCUT2D eigenvalue weighted by atomic mass is 10.2. The number of nitrogen functional groups attached to an aromatic ring is 1. The van der Waals surface area contributed by atoms with E-state index in [0.29, 0.717) is 17.9 Å². The summed E-state index contributed by atoms with van der Waals surface area (Å²) in [7, 11) is 0. The number of nitriles is 1. The summed E-state index contributed by atoms with van der Waals surface area (Å²) in [5.41, 5.74) is 9.60. The Balaban J connectivity index is 0.000000861. The van der Waals surface area contributed by atoms with Gasteiger partial charge in [-0.15, -0.1) is 0 Å². The van der Waals surface area contributed by atoms with Gasteiger partial charge in [0, 0.05) is 23.7 Å². The number of nitrogens with zero attached hydrogens (tertiary/aromatic N) is 3. The van der Waals surface area contributed by atoms with Crippen LogP contribution in [0.3, 0.4) is 0 Å². The highest BCUT2D eigenvalue weighted by Crippen LogP contribution is 2.18. The molecule has 2 aromatic heterocycles. The summed E-state index contributed by atoms with van der Waals surface area (Å²) >= 11 is 0. The van der Waals surface area contributed by atoms with E-state index in [1.165, 1.54) is 0 Å². The van der Waals surface area contributed by atoms with Crippen LogP contribution in [0.1, 0.15) is 36.2 Å². The first kappa shape index (κ1) is 14.8. The molecule has 2 heterocycles. The number of anilines is 1. The number of hydrogen-bond donors (Lipinski definition) is 1. The van der Waals surface area contributed by atoms with E-state index in [9.17, 15) is 0 Å². The van der Waals surface area contributed by atoms with Crippen molar-refractivity contribution in [3.05, 3.63) is 46.9 Å². The molecular formula is C15H20N4. The molecule has 100 valence electrons. The topological polar surface area (TPSA) is 67.6 Å². The smallest absolute Gasteiger partial charge is 0.128 e. The van der Waals surface area contributed by atoms with Crippen molar-refractivity contribution < 1.29 is 0 Å². The number of aromatic nitrogens is 2. The Kier molecular flexibility index (Phi) is 5.13. The zero-order valence-electron chi connectivity index (χ0n) is 11.9. The van der Waals surface area contributed by atoms with Crippen LogP contribution in [0.2, 0.25) is 0 Å². The standard InChI is InChI=1S/C13H14N4.C2H6/c1-9-10(2)17(8-12(9)6-14)7-11-4-3-5-16-13(11)15;1-2/h3-5,8H,7H2,1-2H3,(H2,15,16);1-2H3. The van der Waals surface area contributed by atoms with Crippen LogP contribution in [0.5, 0.6) is 0 Å². The van der Waals surface area contributed by atoms with Crippen LogP contribution in [0.15, 0.2) is 24.5 Å². The van der Waals surface area contributed by atoms with E-state index in [1.807, 2.05) is 50.6 Å². The lowest BCUT2D eigenvalue weighted by Crippen LogP contribution is -2.04. The number of rotatable bonds is 2. The van der Waals surface area contributed by atoms with Crippen LogP contribution >= 0.6 is 0 Å². The largest absolute Gasteiger partial charge is 0.383 e. The average molecular weight is 256 g/mol. The van der Waals surface area contributed by atoms with E-state index in [2.05, 4.69) is 11.1 Å². The van der Waals surface area contributed by atoms with Crippen molar-refractivity contribution in [2.24, 2.45) is 0 Å². The lowest BCUT2D eigenvalue weighted by molar-refractivity contribution is 0.772. The molecule has 0 saturated carbocycles. The summed E-state index contributed by atoms with van der Waals surface area (Å²) in [6.07, 6.45) is 3.53. The van der Waals surface area contributed by atoms with Gasteiger partial charge in [-0.1, -0.05) is 19.9 Å². The fourth-order valence-corrected chi connectivity index (χ4v) is 1.80. The fraction of sp³-hybridized carbons (Fsp3) is 0.333. The van der Waals surface area contributed by atoms with E-state index >= 15 is 0 Å². The van der Waals surface area contributed by atoms with E-state index in [4.69, 9.17) is 11.0 Å². The van der Waals surface area contributed by atoms with Gasteiger partial charge in [0.25, 0.3) is 0 Å². The molecule has 2 rings (SSSR count). The molecule has 0 atom stereocenters. The van der Waals surface area contributed by atoms with Gasteiger partial charge in [0.1, 0.15) is 11.9 Å². The molecule has 19 heavy (non-hydrogen) atoms. The Morgan fingerprint density at radius 3 is 2.58 bits per heavy atom. The molecule has 0 fully saturated rings. The number of nitrogens with two attached hydrogens (primary N) is 1. The zero-order chi connectivity index (χ0) is 14.4. The van der Waals surface area contributed by atoms with Crippen molar-refractivity contribution in [2.45, 2.75) is 34.2 Å². The summed E-state index contributed by atoms with van der Waals surface area (Å²) in [5.74, 6) is 0.539. The summed E-state index contributed by atoms with van der Waals surface area (Å²) < 4.78 is 2.03. The van der Waals surface area contributed by atoms with Gasteiger partial charge >= 0.3 is 0 Å². The molecule has 0 aliphatic heterocycles. The molecule has 0 aliphatic carbocycles. The molecule has 2 N–H and O–H groups in total. The van der Waals surface area contributed by atoms with Crippen molar-refractivity contribution in [1.29, 1.82) is 5.26 Å². The van der Waals surface area contributed by atoms with Gasteiger partial charge in [0.05, 0.1) is 12.1 Å². The summed E-state index contributed by atoms with van der Waals surface area (Å²) in [6, 6.07) is 6.00. The molecular weight excluding hydrogens is 236 g/mol. The maximum absolute atomic E-state index is 8.98. The first-order chi connectivity index (χ1) is 9.13. The van der Waals surface area contributed by atoms with Crippen molar-refractivity contribution in [2.75, 3.05) is 5.73 Å². The molecule has 0 radical (unpaired) electrons. The lowest BCUT2D eigenvalue weighted by Gasteiger charge is -2.08. The Morgan fingerprint density at radius 2 is 2.05 bits per heavy atom. The summed E-state index contributed by atoms with van der Waals surface area (Å²) in [6.45, 7) is 8.60. The SMILES string of the molecule is CC.Cc1c(C#N)cn(Cc2cccnc2N)c1C. The third-order valence-corrected chi connectivity index (χ3v) is 3.05. The van der Waals surface area contributed by atoms with Gasteiger partial charge in [0.15, 0.2) is 0 Å². The Hall–Kier alpha value is -2.28. The molecule has 4 nitrogen and oxygen atoms in total. The highest BCUT2D eigenvalue weighted by atomic mass is 15.0. The summed E-state index contributed by atoms with van der Waals surface area (Å²) in [5, 5.41) is 8.98. The molecule has 0 aliphatic rings. The third-order valence-electron chi connectivity index (χ3n) is 3.05. The first-order valence-corrected chi connectivity index (χ1v) is 6.39. The average Bonchev–Trinajstić information content (AvgIpc) is 2.71. The van der Waals surface area contributed by atoms with Crippen molar-refractivity contribution >= 4 is 5.82 Å². The maximum atomic E-state index is 8.98. The molecule has 2 aromatic rings. The Labute approximate surface area is 114 Å². The van der Waals surface area contributed by atoms with Crippen LogP contribution in [0.4, 0.5) is 5.82 Å². The highest BCUT2D eigenvalue weighted by molar-refractivity contribution is 5.42. The Bertz CT molecular complexity index is 591. The first-order valence-electron chi connectivity index (χ1n) is 6.39. The minimum absolute atomic E-state index is 0.539. The molecule has 0 aromatic carbocycles. The highest BCUT2D eigenvalue weighted by Gasteiger charge is 2.09. The van der Waals surface area contributed by atoms with Crippen molar-refractivity contribution in [1.82, 2.24) is 9.55 Å². The molecule has 0 saturated heterocycles. The second-order valence-corrected chi connectivity index (χ2v) is 4.04. The number of pyridine rings is 1. The predicted octanol–water partition coefficient (Wildman–Crippen LogP) is 3.03. The monoisotopic (exact) mass is 256 g/mol. The predicted molar refractivity (Wildman–Crippen MR) is 77.7 cm³/mol. The number of hydrogen-bond acceptors (Lipinski definition) is 3. The minimum Gasteiger partial charge on any atom is -0.383 e. The minimum atomic E-state index is 0.539. The van der Waals surface area contributed by atoms with Crippen molar-refractivity contribution in [3.63, 3.8) is 0 Å². The molecule has 4 heteroatoms. The van der Waals surface area contributed by atoms with Crippen molar-refractivity contribution in [3.8, 4) is 6.07 Å². The van der Waals surface area contributed by atoms with Gasteiger partial charge in [-0.05, 0) is 25.5 Å². The maximum Gasteiger partial charge on any atom is 0.128 e. The third kappa shape index (κ3) is 3.14. The normalized spacial score (nSPS) is 9.42. The quantitative estimate of drug-likeness (QED) is 0.898. The van der Waals surface area contributed by atoms with E-state index < -0.39 is 0 Å². The van der Waals surface area contributed by atoms with Gasteiger partial charge in [-0.2, -0.15) is 5.26 Å². The van der Waals surface area contributed by atoms with Gasteiger partial charge < -0.3 is 10.3 Å². The van der Waals surface area contributed by atoms with Crippen LogP contribution < -0.4 is 5.73 Å². The van der Waals surface area contributed by atoms with E-state index in [-0.39, 0.29) is 0 Å². The second-order valence-electron chi connectivity index (χ2n) is 4.04. The van der Waals surface area contributed by atoms with Crippen LogP contribution in [0.25, 0.3) is 0 Å². The fourth-order valence-electron chi connectivity index (χ4n) is 1.80. The van der Waals surface area contributed by atoms with Gasteiger partial charge in [-0.25, -0.2) is 4.98 Å². The van der Waals surface area contributed by atoms with Gasteiger partial charge in [-0.3, -0.25) is 0 Å². The van der Waals surface area contributed by atoms with Crippen LogP contribution in [-0.2, 0) is 6.54 Å². The molecule has 0 amide bonds.